The molecule has 2 atom stereocenters. The largest absolute Gasteiger partial charge is 0.491 e. The van der Waals surface area contributed by atoms with Crippen LogP contribution in [0.4, 0.5) is 0 Å². The number of hydrogen-bond donors (Lipinski definition) is 2. The van der Waals surface area contributed by atoms with Gasteiger partial charge in [0.1, 0.15) is 12.4 Å². The first-order valence-corrected chi connectivity index (χ1v) is 6.08. The molecule has 0 saturated heterocycles. The van der Waals surface area contributed by atoms with Crippen LogP contribution in [0.15, 0.2) is 18.2 Å². The van der Waals surface area contributed by atoms with Gasteiger partial charge in [-0.2, -0.15) is 0 Å². The third kappa shape index (κ3) is 4.02. The van der Waals surface area contributed by atoms with E-state index in [2.05, 4.69) is 0 Å². The van der Waals surface area contributed by atoms with Crippen molar-refractivity contribution >= 4 is 0 Å². The van der Waals surface area contributed by atoms with E-state index in [4.69, 9.17) is 10.5 Å². The minimum atomic E-state index is -0.428. The quantitative estimate of drug-likeness (QED) is 0.827. The number of ether oxygens (including phenoxy) is 1. The van der Waals surface area contributed by atoms with Crippen molar-refractivity contribution < 1.29 is 9.84 Å². The Morgan fingerprint density at radius 3 is 2.41 bits per heavy atom. The predicted octanol–water partition coefficient (Wildman–Crippen LogP) is 2.41. The van der Waals surface area contributed by atoms with Gasteiger partial charge in [0.25, 0.3) is 0 Å². The zero-order valence-corrected chi connectivity index (χ0v) is 11.1. The lowest BCUT2D eigenvalue weighted by Crippen LogP contribution is -2.23. The van der Waals surface area contributed by atoms with Crippen LogP contribution in [0.2, 0.25) is 0 Å². The maximum Gasteiger partial charge on any atom is 0.122 e. The maximum absolute atomic E-state index is 9.68. The third-order valence-electron chi connectivity index (χ3n) is 2.90. The first-order valence-electron chi connectivity index (χ1n) is 6.08. The second-order valence-corrected chi connectivity index (χ2v) is 4.94. The molecule has 1 rings (SSSR count). The zero-order valence-electron chi connectivity index (χ0n) is 11.1. The summed E-state index contributed by atoms with van der Waals surface area (Å²) in [5.41, 5.74) is 7.96. The van der Waals surface area contributed by atoms with Crippen molar-refractivity contribution in [3.8, 4) is 5.75 Å². The third-order valence-corrected chi connectivity index (χ3v) is 2.90. The van der Waals surface area contributed by atoms with Gasteiger partial charge in [0.05, 0.1) is 6.10 Å². The molecule has 3 N–H and O–H groups in total. The second-order valence-electron chi connectivity index (χ2n) is 4.94. The van der Waals surface area contributed by atoms with E-state index < -0.39 is 6.10 Å². The number of nitrogens with two attached hydrogens (primary N) is 1. The highest BCUT2D eigenvalue weighted by atomic mass is 16.5. The molecule has 0 radical (unpaired) electrons. The van der Waals surface area contributed by atoms with Crippen LogP contribution in [-0.4, -0.2) is 17.8 Å². The molecule has 0 heterocycles. The summed E-state index contributed by atoms with van der Waals surface area (Å²) in [6.07, 6.45) is -0.428. The van der Waals surface area contributed by atoms with E-state index >= 15 is 0 Å². The highest BCUT2D eigenvalue weighted by Crippen LogP contribution is 2.22. The lowest BCUT2D eigenvalue weighted by Gasteiger charge is -2.17. The lowest BCUT2D eigenvalue weighted by atomic mass is 10.1. The first-order chi connectivity index (χ1) is 7.91. The molecule has 1 aromatic carbocycles. The van der Waals surface area contributed by atoms with Crippen LogP contribution in [0.3, 0.4) is 0 Å². The molecule has 0 saturated carbocycles. The van der Waals surface area contributed by atoms with Gasteiger partial charge in [-0.15, -0.1) is 0 Å². The molecule has 0 amide bonds. The maximum atomic E-state index is 9.68. The van der Waals surface area contributed by atoms with E-state index in [1.165, 1.54) is 0 Å². The van der Waals surface area contributed by atoms with E-state index in [9.17, 15) is 5.11 Å². The summed E-state index contributed by atoms with van der Waals surface area (Å²) in [7, 11) is 0. The molecule has 0 spiro atoms. The average Bonchev–Trinajstić information content (AvgIpc) is 2.26. The summed E-state index contributed by atoms with van der Waals surface area (Å²) in [6.45, 7) is 8.22. The highest BCUT2D eigenvalue weighted by Gasteiger charge is 2.11. The zero-order chi connectivity index (χ0) is 13.0. The fourth-order valence-electron chi connectivity index (χ4n) is 1.49. The fourth-order valence-corrected chi connectivity index (χ4v) is 1.49. The molecular formula is C14H23NO2. The van der Waals surface area contributed by atoms with E-state index in [1.54, 1.807) is 0 Å². The monoisotopic (exact) mass is 237 g/mol. The highest BCUT2D eigenvalue weighted by molar-refractivity contribution is 5.37. The smallest absolute Gasteiger partial charge is 0.122 e. The van der Waals surface area contributed by atoms with Crippen LogP contribution >= 0.6 is 0 Å². The van der Waals surface area contributed by atoms with Gasteiger partial charge >= 0.3 is 0 Å². The molecular weight excluding hydrogens is 214 g/mol. The fraction of sp³-hybridized carbons (Fsp3) is 0.571. The van der Waals surface area contributed by atoms with Crippen LogP contribution in [0, 0.1) is 12.8 Å². The van der Waals surface area contributed by atoms with Gasteiger partial charge in [-0.05, 0) is 37.0 Å². The van der Waals surface area contributed by atoms with Gasteiger partial charge in [0, 0.05) is 6.04 Å². The SMILES string of the molecule is Cc1cc([C@@H](C)N)ccc1OCC(O)C(C)C. The second kappa shape index (κ2) is 6.03. The van der Waals surface area contributed by atoms with Crippen LogP contribution in [0.5, 0.6) is 5.75 Å². The Morgan fingerprint density at radius 1 is 1.29 bits per heavy atom. The van der Waals surface area contributed by atoms with Gasteiger partial charge in [-0.3, -0.25) is 0 Å². The van der Waals surface area contributed by atoms with E-state index in [0.29, 0.717) is 6.61 Å². The Kier molecular flexibility index (Phi) is 4.97. The van der Waals surface area contributed by atoms with Crippen molar-refractivity contribution in [1.82, 2.24) is 0 Å². The first kappa shape index (κ1) is 14.0. The van der Waals surface area contributed by atoms with E-state index in [0.717, 1.165) is 16.9 Å². The molecule has 0 bridgehead atoms. The molecule has 1 unspecified atom stereocenters. The average molecular weight is 237 g/mol. The Hall–Kier alpha value is -1.06. The molecule has 17 heavy (non-hydrogen) atoms. The number of aliphatic hydroxyl groups excluding tert-OH is 1. The molecule has 1 aromatic rings. The predicted molar refractivity (Wildman–Crippen MR) is 70.1 cm³/mol. The summed E-state index contributed by atoms with van der Waals surface area (Å²) in [5.74, 6) is 1.02. The normalized spacial score (nSPS) is 14.8. The minimum Gasteiger partial charge on any atom is -0.491 e. The Labute approximate surface area is 104 Å². The summed E-state index contributed by atoms with van der Waals surface area (Å²) in [4.78, 5) is 0. The van der Waals surface area contributed by atoms with Crippen LogP contribution in [0.25, 0.3) is 0 Å². The van der Waals surface area contributed by atoms with Gasteiger partial charge in [0.2, 0.25) is 0 Å². The molecule has 3 heteroatoms. The Morgan fingerprint density at radius 2 is 1.94 bits per heavy atom. The number of aliphatic hydroxyl groups is 1. The summed E-state index contributed by atoms with van der Waals surface area (Å²) < 4.78 is 5.60. The topological polar surface area (TPSA) is 55.5 Å². The summed E-state index contributed by atoms with van der Waals surface area (Å²) in [5, 5.41) is 9.68. The van der Waals surface area contributed by atoms with Crippen molar-refractivity contribution in [3.05, 3.63) is 29.3 Å². The van der Waals surface area contributed by atoms with Crippen molar-refractivity contribution in [1.29, 1.82) is 0 Å². The van der Waals surface area contributed by atoms with Gasteiger partial charge in [-0.1, -0.05) is 26.0 Å². The Balaban J connectivity index is 2.67. The van der Waals surface area contributed by atoms with Crippen LogP contribution < -0.4 is 10.5 Å². The minimum absolute atomic E-state index is 0.0315. The van der Waals surface area contributed by atoms with Crippen molar-refractivity contribution in [3.63, 3.8) is 0 Å². The van der Waals surface area contributed by atoms with Crippen molar-refractivity contribution in [2.45, 2.75) is 39.8 Å². The van der Waals surface area contributed by atoms with Crippen molar-refractivity contribution in [2.75, 3.05) is 6.61 Å². The molecule has 0 aromatic heterocycles. The Bertz CT molecular complexity index is 361. The molecule has 96 valence electrons. The number of hydrogen-bond acceptors (Lipinski definition) is 3. The van der Waals surface area contributed by atoms with Crippen LogP contribution in [0.1, 0.15) is 37.9 Å². The van der Waals surface area contributed by atoms with E-state index in [-0.39, 0.29) is 12.0 Å². The molecule has 0 aliphatic carbocycles. The molecule has 0 fully saturated rings. The standard InChI is InChI=1S/C14H23NO2/c1-9(2)13(16)8-17-14-6-5-12(11(4)15)7-10(14)3/h5-7,9,11,13,16H,8,15H2,1-4H3/t11-,13?/m1/s1. The lowest BCUT2D eigenvalue weighted by molar-refractivity contribution is 0.0698. The van der Waals surface area contributed by atoms with Gasteiger partial charge in [-0.25, -0.2) is 0 Å². The number of rotatable bonds is 5. The van der Waals surface area contributed by atoms with Gasteiger partial charge in [0.15, 0.2) is 0 Å². The molecule has 3 nitrogen and oxygen atoms in total. The van der Waals surface area contributed by atoms with E-state index in [1.807, 2.05) is 45.9 Å². The number of aryl methyl sites for hydroxylation is 1. The van der Waals surface area contributed by atoms with Crippen molar-refractivity contribution in [2.24, 2.45) is 11.7 Å². The van der Waals surface area contributed by atoms with Gasteiger partial charge < -0.3 is 15.6 Å². The summed E-state index contributed by atoms with van der Waals surface area (Å²) >= 11 is 0. The number of benzene rings is 1. The molecule has 0 aliphatic rings. The van der Waals surface area contributed by atoms with Crippen LogP contribution in [-0.2, 0) is 0 Å². The molecule has 0 aliphatic heterocycles. The summed E-state index contributed by atoms with van der Waals surface area (Å²) in [6, 6.07) is 5.95.